The van der Waals surface area contributed by atoms with Crippen molar-refractivity contribution < 1.29 is 9.13 Å². The van der Waals surface area contributed by atoms with Crippen LogP contribution in [0.25, 0.3) is 10.9 Å². The van der Waals surface area contributed by atoms with E-state index in [4.69, 9.17) is 4.74 Å². The van der Waals surface area contributed by atoms with Gasteiger partial charge in [-0.1, -0.05) is 12.1 Å². The van der Waals surface area contributed by atoms with Gasteiger partial charge in [0.05, 0.1) is 6.54 Å². The zero-order valence-electron chi connectivity index (χ0n) is 13.4. The highest BCUT2D eigenvalue weighted by Crippen LogP contribution is 2.31. The van der Waals surface area contributed by atoms with Crippen LogP contribution in [0.2, 0.25) is 0 Å². The molecule has 1 aromatic carbocycles. The Hall–Kier alpha value is -2.69. The van der Waals surface area contributed by atoms with Gasteiger partial charge in [0, 0.05) is 42.1 Å². The highest BCUT2D eigenvalue weighted by molar-refractivity contribution is 5.92. The third-order valence-corrected chi connectivity index (χ3v) is 4.33. The van der Waals surface area contributed by atoms with Gasteiger partial charge in [0.25, 0.3) is 0 Å². The van der Waals surface area contributed by atoms with E-state index >= 15 is 0 Å². The van der Waals surface area contributed by atoms with E-state index in [2.05, 4.69) is 14.9 Å². The lowest BCUT2D eigenvalue weighted by Gasteiger charge is -2.21. The summed E-state index contributed by atoms with van der Waals surface area (Å²) in [6, 6.07) is 10.9. The van der Waals surface area contributed by atoms with Crippen LogP contribution in [0.3, 0.4) is 0 Å². The van der Waals surface area contributed by atoms with Gasteiger partial charge >= 0.3 is 0 Å². The van der Waals surface area contributed by atoms with Crippen LogP contribution in [0.5, 0.6) is 5.75 Å². The highest BCUT2D eigenvalue weighted by Gasteiger charge is 2.26. The lowest BCUT2D eigenvalue weighted by molar-refractivity contribution is 0.225. The molecule has 4 nitrogen and oxygen atoms in total. The Morgan fingerprint density at radius 3 is 2.88 bits per heavy atom. The van der Waals surface area contributed by atoms with E-state index in [9.17, 15) is 4.39 Å². The first-order valence-electron chi connectivity index (χ1n) is 8.08. The van der Waals surface area contributed by atoms with E-state index in [1.165, 1.54) is 6.07 Å². The van der Waals surface area contributed by atoms with Crippen molar-refractivity contribution >= 4 is 16.6 Å². The highest BCUT2D eigenvalue weighted by atomic mass is 19.1. The molecule has 2 aromatic heterocycles. The fourth-order valence-corrected chi connectivity index (χ4v) is 3.23. The molecule has 122 valence electrons. The van der Waals surface area contributed by atoms with E-state index < -0.39 is 0 Å². The summed E-state index contributed by atoms with van der Waals surface area (Å²) in [6.07, 6.45) is 4.50. The predicted octanol–water partition coefficient (Wildman–Crippen LogP) is 3.74. The Balaban J connectivity index is 1.61. The minimum absolute atomic E-state index is 0.115. The Labute approximate surface area is 139 Å². The molecule has 5 heteroatoms. The van der Waals surface area contributed by atoms with Crippen molar-refractivity contribution in [2.75, 3.05) is 18.0 Å². The fraction of sp³-hybridized carbons (Fsp3) is 0.263. The number of benzene rings is 1. The number of ether oxygens (including phenoxy) is 1. The Bertz CT molecular complexity index is 869. The molecule has 24 heavy (non-hydrogen) atoms. The predicted molar refractivity (Wildman–Crippen MR) is 91.9 cm³/mol. The maximum atomic E-state index is 14.1. The second-order valence-electron chi connectivity index (χ2n) is 6.08. The van der Waals surface area contributed by atoms with Gasteiger partial charge in [0.2, 0.25) is 0 Å². The molecule has 0 amide bonds. The van der Waals surface area contributed by atoms with Gasteiger partial charge in [0.15, 0.2) is 0 Å². The number of aromatic nitrogens is 2. The van der Waals surface area contributed by atoms with Gasteiger partial charge < -0.3 is 9.64 Å². The van der Waals surface area contributed by atoms with Crippen LogP contribution in [0.1, 0.15) is 12.1 Å². The van der Waals surface area contributed by atoms with E-state index in [0.29, 0.717) is 5.52 Å². The molecular formula is C19H18FN3O. The van der Waals surface area contributed by atoms with Crippen LogP contribution in [0, 0.1) is 12.7 Å². The third kappa shape index (κ3) is 2.77. The molecule has 0 radical (unpaired) electrons. The average Bonchev–Trinajstić information content (AvgIpc) is 3.04. The Morgan fingerprint density at radius 2 is 2.04 bits per heavy atom. The van der Waals surface area contributed by atoms with Crippen LogP contribution < -0.4 is 9.64 Å². The first-order chi connectivity index (χ1) is 11.7. The van der Waals surface area contributed by atoms with Crippen LogP contribution in [-0.4, -0.2) is 29.2 Å². The van der Waals surface area contributed by atoms with Crippen molar-refractivity contribution in [3.63, 3.8) is 0 Å². The Kier molecular flexibility index (Phi) is 3.76. The summed E-state index contributed by atoms with van der Waals surface area (Å²) in [6.45, 7) is 3.55. The van der Waals surface area contributed by atoms with Crippen LogP contribution >= 0.6 is 0 Å². The number of aryl methyl sites for hydroxylation is 1. The largest absolute Gasteiger partial charge is 0.488 e. The maximum absolute atomic E-state index is 14.1. The van der Waals surface area contributed by atoms with Crippen LogP contribution in [-0.2, 0) is 0 Å². The SMILES string of the molecule is Cc1cc(N2CCC(Oc3ccncc3)C2)c2cccc(F)c2n1. The van der Waals surface area contributed by atoms with E-state index in [0.717, 1.165) is 42.0 Å². The molecule has 0 aliphatic carbocycles. The van der Waals surface area contributed by atoms with Gasteiger partial charge in [-0.05, 0) is 31.2 Å². The molecule has 0 bridgehead atoms. The van der Waals surface area contributed by atoms with Crippen molar-refractivity contribution in [3.05, 3.63) is 60.3 Å². The number of nitrogens with zero attached hydrogens (tertiary/aromatic N) is 3. The van der Waals surface area contributed by atoms with Gasteiger partial charge in [-0.25, -0.2) is 9.37 Å². The second-order valence-corrected chi connectivity index (χ2v) is 6.08. The monoisotopic (exact) mass is 323 g/mol. The molecule has 0 spiro atoms. The third-order valence-electron chi connectivity index (χ3n) is 4.33. The number of anilines is 1. The number of rotatable bonds is 3. The number of hydrogen-bond donors (Lipinski definition) is 0. The summed E-state index contributed by atoms with van der Waals surface area (Å²) in [7, 11) is 0. The quantitative estimate of drug-likeness (QED) is 0.736. The minimum atomic E-state index is -0.277. The molecule has 1 aliphatic heterocycles. The fourth-order valence-electron chi connectivity index (χ4n) is 3.23. The standard InChI is InChI=1S/C19H18FN3O/c1-13-11-18(16-3-2-4-17(20)19(16)22-13)23-10-7-15(12-23)24-14-5-8-21-9-6-14/h2-6,8-9,11,15H,7,10,12H2,1H3. The zero-order chi connectivity index (χ0) is 16.5. The summed E-state index contributed by atoms with van der Waals surface area (Å²) < 4.78 is 20.1. The first kappa shape index (κ1) is 14.9. The molecule has 1 unspecified atom stereocenters. The summed E-state index contributed by atoms with van der Waals surface area (Å²) in [4.78, 5) is 10.6. The number of pyridine rings is 2. The topological polar surface area (TPSA) is 38.2 Å². The van der Waals surface area contributed by atoms with Crippen LogP contribution in [0.4, 0.5) is 10.1 Å². The van der Waals surface area contributed by atoms with Crippen molar-refractivity contribution in [3.8, 4) is 5.75 Å². The van der Waals surface area contributed by atoms with Crippen molar-refractivity contribution in [1.82, 2.24) is 9.97 Å². The molecule has 3 heterocycles. The zero-order valence-corrected chi connectivity index (χ0v) is 13.4. The minimum Gasteiger partial charge on any atom is -0.488 e. The van der Waals surface area contributed by atoms with E-state index in [1.54, 1.807) is 18.5 Å². The Morgan fingerprint density at radius 1 is 1.21 bits per heavy atom. The smallest absolute Gasteiger partial charge is 0.149 e. The molecule has 1 fully saturated rings. The summed E-state index contributed by atoms with van der Waals surface area (Å²) in [5.74, 6) is 0.555. The summed E-state index contributed by atoms with van der Waals surface area (Å²) in [5.41, 5.74) is 2.28. The lowest BCUT2D eigenvalue weighted by Crippen LogP contribution is -2.25. The van der Waals surface area contributed by atoms with Crippen molar-refractivity contribution in [2.24, 2.45) is 0 Å². The lowest BCUT2D eigenvalue weighted by atomic mass is 10.1. The molecule has 4 rings (SSSR count). The van der Waals surface area contributed by atoms with Crippen LogP contribution in [0.15, 0.2) is 48.8 Å². The van der Waals surface area contributed by atoms with E-state index in [1.807, 2.05) is 31.2 Å². The number of halogens is 1. The summed E-state index contributed by atoms with van der Waals surface area (Å²) >= 11 is 0. The van der Waals surface area contributed by atoms with Gasteiger partial charge in [0.1, 0.15) is 23.2 Å². The van der Waals surface area contributed by atoms with Crippen molar-refractivity contribution in [2.45, 2.75) is 19.4 Å². The molecule has 1 saturated heterocycles. The van der Waals surface area contributed by atoms with Gasteiger partial charge in [-0.3, -0.25) is 4.98 Å². The number of para-hydroxylation sites is 1. The molecule has 3 aromatic rings. The van der Waals surface area contributed by atoms with E-state index in [-0.39, 0.29) is 11.9 Å². The molecule has 0 N–H and O–H groups in total. The number of fused-ring (bicyclic) bond motifs is 1. The molecule has 1 aliphatic rings. The maximum Gasteiger partial charge on any atom is 0.149 e. The van der Waals surface area contributed by atoms with Crippen molar-refractivity contribution in [1.29, 1.82) is 0 Å². The van der Waals surface area contributed by atoms with Gasteiger partial charge in [-0.2, -0.15) is 0 Å². The molecule has 1 atom stereocenters. The first-order valence-corrected chi connectivity index (χ1v) is 8.08. The van der Waals surface area contributed by atoms with Gasteiger partial charge in [-0.15, -0.1) is 0 Å². The number of hydrogen-bond acceptors (Lipinski definition) is 4. The molecular weight excluding hydrogens is 305 g/mol. The second kappa shape index (κ2) is 6.07. The summed E-state index contributed by atoms with van der Waals surface area (Å²) in [5, 5.41) is 0.852. The average molecular weight is 323 g/mol. The molecule has 0 saturated carbocycles. The normalized spacial score (nSPS) is 17.4.